The minimum Gasteiger partial charge on any atom is -0.493 e. The van der Waals surface area contributed by atoms with Gasteiger partial charge in [0.15, 0.2) is 11.5 Å². The summed E-state index contributed by atoms with van der Waals surface area (Å²) in [6.45, 7) is 10.1. The smallest absolute Gasteiger partial charge is 0.226 e. The second kappa shape index (κ2) is 11.8. The van der Waals surface area contributed by atoms with Crippen molar-refractivity contribution >= 4 is 11.7 Å². The molecule has 0 bridgehead atoms. The number of benzene rings is 2. The number of rotatable bonds is 9. The summed E-state index contributed by atoms with van der Waals surface area (Å²) in [6, 6.07) is 15.9. The molecule has 2 aromatic carbocycles. The minimum absolute atomic E-state index is 0.106. The van der Waals surface area contributed by atoms with Gasteiger partial charge in [-0.05, 0) is 51.7 Å². The van der Waals surface area contributed by atoms with Crippen molar-refractivity contribution < 1.29 is 14.3 Å². The predicted octanol–water partition coefficient (Wildman–Crippen LogP) is 4.36. The molecule has 1 aliphatic heterocycles. The summed E-state index contributed by atoms with van der Waals surface area (Å²) >= 11 is 0. The van der Waals surface area contributed by atoms with Gasteiger partial charge in [0.2, 0.25) is 5.91 Å². The molecule has 1 aliphatic rings. The highest BCUT2D eigenvalue weighted by Crippen LogP contribution is 2.40. The quantitative estimate of drug-likeness (QED) is 0.399. The third kappa shape index (κ3) is 6.78. The summed E-state index contributed by atoms with van der Waals surface area (Å²) in [5.74, 6) is 1.96. The van der Waals surface area contributed by atoms with E-state index in [1.54, 1.807) is 14.2 Å². The zero-order chi connectivity index (χ0) is 26.3. The molecule has 1 heterocycles. The van der Waals surface area contributed by atoms with Gasteiger partial charge in [0.1, 0.15) is 5.84 Å². The number of amides is 1. The van der Waals surface area contributed by atoms with E-state index in [1.165, 1.54) is 5.56 Å². The van der Waals surface area contributed by atoms with Crippen molar-refractivity contribution in [3.63, 3.8) is 0 Å². The summed E-state index contributed by atoms with van der Waals surface area (Å²) in [4.78, 5) is 20.2. The van der Waals surface area contributed by atoms with Crippen molar-refractivity contribution in [2.45, 2.75) is 58.5 Å². The first-order valence-corrected chi connectivity index (χ1v) is 12.7. The van der Waals surface area contributed by atoms with Crippen LogP contribution < -0.4 is 20.5 Å². The minimum atomic E-state index is -0.425. The maximum atomic E-state index is 13.1. The first-order valence-electron chi connectivity index (χ1n) is 12.7. The molecule has 1 amide bonds. The number of amidine groups is 1. The Balaban J connectivity index is 1.86. The monoisotopic (exact) mass is 494 g/mol. The molecule has 0 saturated carbocycles. The third-order valence-corrected chi connectivity index (χ3v) is 6.85. The Kier molecular flexibility index (Phi) is 9.01. The maximum Gasteiger partial charge on any atom is 0.226 e. The fourth-order valence-electron chi connectivity index (χ4n) is 4.71. The Morgan fingerprint density at radius 1 is 1.08 bits per heavy atom. The number of aliphatic imine (C=N–C) groups is 1. The maximum absolute atomic E-state index is 13.1. The average Bonchev–Trinajstić information content (AvgIpc) is 2.85. The number of para-hydroxylation sites is 1. The van der Waals surface area contributed by atoms with Gasteiger partial charge in [0, 0.05) is 36.2 Å². The number of hydrogen-bond acceptors (Lipinski definition) is 5. The van der Waals surface area contributed by atoms with E-state index in [9.17, 15) is 4.79 Å². The number of nitrogens with zero attached hydrogens (tertiary/aromatic N) is 2. The van der Waals surface area contributed by atoms with Crippen molar-refractivity contribution in [3.8, 4) is 11.5 Å². The fourth-order valence-corrected chi connectivity index (χ4v) is 4.71. The highest BCUT2D eigenvalue weighted by atomic mass is 16.5. The molecule has 3 rings (SSSR count). The van der Waals surface area contributed by atoms with Crippen LogP contribution in [0.15, 0.2) is 53.5 Å². The van der Waals surface area contributed by atoms with Gasteiger partial charge in [-0.25, -0.2) is 0 Å². The number of likely N-dealkylation sites (tertiary alicyclic amines) is 1. The van der Waals surface area contributed by atoms with Crippen molar-refractivity contribution in [2.24, 2.45) is 16.1 Å². The number of nitrogens with two attached hydrogens (primary N) is 1. The molecule has 0 radical (unpaired) electrons. The lowest BCUT2D eigenvalue weighted by atomic mass is 9.78. The van der Waals surface area contributed by atoms with E-state index in [4.69, 9.17) is 20.2 Å². The van der Waals surface area contributed by atoms with E-state index >= 15 is 0 Å². The van der Waals surface area contributed by atoms with Crippen molar-refractivity contribution in [1.82, 2.24) is 10.2 Å². The van der Waals surface area contributed by atoms with E-state index < -0.39 is 5.41 Å². The van der Waals surface area contributed by atoms with Gasteiger partial charge >= 0.3 is 0 Å². The van der Waals surface area contributed by atoms with Crippen LogP contribution in [0.3, 0.4) is 0 Å². The molecular weight excluding hydrogens is 452 g/mol. The lowest BCUT2D eigenvalue weighted by Gasteiger charge is -2.42. The Hall–Kier alpha value is -3.06. The van der Waals surface area contributed by atoms with Crippen LogP contribution >= 0.6 is 0 Å². The van der Waals surface area contributed by atoms with Gasteiger partial charge in [0.25, 0.3) is 0 Å². The molecule has 196 valence electrons. The summed E-state index contributed by atoms with van der Waals surface area (Å²) in [6.07, 6.45) is 2.28. The lowest BCUT2D eigenvalue weighted by molar-refractivity contribution is -0.134. The van der Waals surface area contributed by atoms with Gasteiger partial charge in [-0.3, -0.25) is 14.7 Å². The number of carbonyl (C=O) groups is 1. The molecule has 2 aromatic rings. The molecule has 3 N–H and O–H groups in total. The number of carbonyl (C=O) groups excluding carboxylic acids is 1. The molecule has 7 nitrogen and oxygen atoms in total. The van der Waals surface area contributed by atoms with Crippen LogP contribution in [0, 0.1) is 5.41 Å². The topological polar surface area (TPSA) is 89.2 Å². The lowest BCUT2D eigenvalue weighted by Crippen LogP contribution is -2.53. The third-order valence-electron chi connectivity index (χ3n) is 6.85. The number of ether oxygens (including phenoxy) is 2. The molecular formula is C29H42N4O3. The first kappa shape index (κ1) is 27.5. The van der Waals surface area contributed by atoms with E-state index in [0.717, 1.165) is 24.8 Å². The Morgan fingerprint density at radius 3 is 2.33 bits per heavy atom. The van der Waals surface area contributed by atoms with E-state index in [-0.39, 0.29) is 17.5 Å². The second-order valence-electron chi connectivity index (χ2n) is 10.8. The largest absolute Gasteiger partial charge is 0.493 e. The van der Waals surface area contributed by atoms with Crippen LogP contribution in [0.25, 0.3) is 0 Å². The standard InChI is InChI=1S/C29H42N4O3/c1-28(2,3)32-27(34)29(4)16-19-33(20-17-29)24(22-13-10-14-23(35-5)25(22)36-6)26(30)31-18-15-21-11-8-7-9-12-21/h7-14,24H,15-20H2,1-6H3,(H2,30,31)(H,32,34). The SMILES string of the molecule is COc1cccc(C(C(N)=NCCc2ccccc2)N2CCC(C)(C(=O)NC(C)(C)C)CC2)c1OC. The molecule has 0 aromatic heterocycles. The summed E-state index contributed by atoms with van der Waals surface area (Å²) in [5, 5.41) is 3.16. The number of piperidine rings is 1. The molecule has 1 unspecified atom stereocenters. The van der Waals surface area contributed by atoms with E-state index in [2.05, 4.69) is 29.3 Å². The number of methoxy groups -OCH3 is 2. The van der Waals surface area contributed by atoms with Crippen LogP contribution in [0.5, 0.6) is 11.5 Å². The van der Waals surface area contributed by atoms with Crippen molar-refractivity contribution in [3.05, 3.63) is 59.7 Å². The Labute approximate surface area is 216 Å². The first-order chi connectivity index (χ1) is 17.1. The summed E-state index contributed by atoms with van der Waals surface area (Å²) in [7, 11) is 3.28. The molecule has 0 aliphatic carbocycles. The molecule has 1 fully saturated rings. The molecule has 1 saturated heterocycles. The second-order valence-corrected chi connectivity index (χ2v) is 10.8. The number of nitrogens with one attached hydrogen (secondary N) is 1. The zero-order valence-electron chi connectivity index (χ0n) is 22.6. The predicted molar refractivity (Wildman–Crippen MR) is 146 cm³/mol. The van der Waals surface area contributed by atoms with Gasteiger partial charge in [0.05, 0.1) is 20.3 Å². The van der Waals surface area contributed by atoms with Crippen LogP contribution in [-0.4, -0.2) is 56.0 Å². The van der Waals surface area contributed by atoms with Gasteiger partial charge in [-0.15, -0.1) is 0 Å². The molecule has 0 spiro atoms. The highest BCUT2D eigenvalue weighted by Gasteiger charge is 2.41. The Morgan fingerprint density at radius 2 is 1.75 bits per heavy atom. The van der Waals surface area contributed by atoms with Crippen LogP contribution in [0.2, 0.25) is 0 Å². The van der Waals surface area contributed by atoms with Gasteiger partial charge in [-0.2, -0.15) is 0 Å². The van der Waals surface area contributed by atoms with Crippen LogP contribution in [-0.2, 0) is 11.2 Å². The van der Waals surface area contributed by atoms with Crippen LogP contribution in [0.1, 0.15) is 57.7 Å². The van der Waals surface area contributed by atoms with Gasteiger partial charge < -0.3 is 20.5 Å². The summed E-state index contributed by atoms with van der Waals surface area (Å²) in [5.41, 5.74) is 8.16. The van der Waals surface area contributed by atoms with Crippen LogP contribution in [0.4, 0.5) is 0 Å². The molecule has 36 heavy (non-hydrogen) atoms. The highest BCUT2D eigenvalue weighted by molar-refractivity contribution is 5.88. The Bertz CT molecular complexity index is 1040. The van der Waals surface area contributed by atoms with Crippen molar-refractivity contribution in [2.75, 3.05) is 33.9 Å². The van der Waals surface area contributed by atoms with Crippen molar-refractivity contribution in [1.29, 1.82) is 0 Å². The summed E-state index contributed by atoms with van der Waals surface area (Å²) < 4.78 is 11.3. The van der Waals surface area contributed by atoms with E-state index in [1.807, 2.05) is 57.2 Å². The van der Waals surface area contributed by atoms with Gasteiger partial charge in [-0.1, -0.05) is 49.4 Å². The number of hydrogen-bond donors (Lipinski definition) is 2. The normalized spacial score (nSPS) is 17.3. The molecule has 1 atom stereocenters. The zero-order valence-corrected chi connectivity index (χ0v) is 22.6. The van der Waals surface area contributed by atoms with E-state index in [0.29, 0.717) is 37.0 Å². The average molecular weight is 495 g/mol. The fraction of sp³-hybridized carbons (Fsp3) is 0.517. The molecule has 7 heteroatoms.